The van der Waals surface area contributed by atoms with Gasteiger partial charge in [0.15, 0.2) is 17.5 Å². The zero-order valence-electron chi connectivity index (χ0n) is 11.4. The highest BCUT2D eigenvalue weighted by molar-refractivity contribution is 5.85. The highest BCUT2D eigenvalue weighted by Gasteiger charge is 2.09. The smallest absolute Gasteiger partial charge is 0.191 e. The van der Waals surface area contributed by atoms with Crippen LogP contribution in [0.4, 0.5) is 4.39 Å². The zero-order chi connectivity index (χ0) is 14.1. The number of aromatic nitrogens is 2. The van der Waals surface area contributed by atoms with Gasteiger partial charge in [-0.05, 0) is 12.1 Å². The van der Waals surface area contributed by atoms with E-state index < -0.39 is 5.82 Å². The molecular formula is C14H15ClFN3O2. The number of hydrogen-bond acceptors (Lipinski definition) is 4. The van der Waals surface area contributed by atoms with Crippen molar-refractivity contribution in [3.8, 4) is 5.75 Å². The summed E-state index contributed by atoms with van der Waals surface area (Å²) in [5.41, 5.74) is 7.81. The second-order valence-corrected chi connectivity index (χ2v) is 4.52. The lowest BCUT2D eigenvalue weighted by Gasteiger charge is -2.05. The van der Waals surface area contributed by atoms with Crippen LogP contribution in [-0.4, -0.2) is 9.97 Å². The van der Waals surface area contributed by atoms with E-state index in [1.165, 1.54) is 12.3 Å². The number of aromatic amines is 1. The number of rotatable bonds is 4. The van der Waals surface area contributed by atoms with Gasteiger partial charge in [-0.3, -0.25) is 0 Å². The summed E-state index contributed by atoms with van der Waals surface area (Å²) in [7, 11) is 0. The number of nitrogens with one attached hydrogen (secondary N) is 1. The molecule has 0 saturated heterocycles. The van der Waals surface area contributed by atoms with Crippen LogP contribution < -0.4 is 10.5 Å². The fourth-order valence-electron chi connectivity index (χ4n) is 2.04. The number of fused-ring (bicyclic) bond motifs is 1. The van der Waals surface area contributed by atoms with Crippen molar-refractivity contribution in [2.75, 3.05) is 0 Å². The van der Waals surface area contributed by atoms with E-state index in [-0.39, 0.29) is 24.8 Å². The minimum absolute atomic E-state index is 0. The molecule has 3 rings (SSSR count). The number of halogens is 2. The van der Waals surface area contributed by atoms with E-state index in [9.17, 15) is 4.39 Å². The summed E-state index contributed by atoms with van der Waals surface area (Å²) in [6, 6.07) is 4.87. The normalized spacial score (nSPS) is 10.6. The van der Waals surface area contributed by atoms with Crippen molar-refractivity contribution in [3.63, 3.8) is 0 Å². The SMILES string of the molecule is Cc1nc(COc2cc3[nH]c(CN)cc3cc2F)co1.Cl. The summed E-state index contributed by atoms with van der Waals surface area (Å²) in [6.07, 6.45) is 1.49. The lowest BCUT2D eigenvalue weighted by molar-refractivity contribution is 0.286. The molecule has 3 aromatic rings. The second-order valence-electron chi connectivity index (χ2n) is 4.52. The number of oxazole rings is 1. The van der Waals surface area contributed by atoms with Gasteiger partial charge in [0, 0.05) is 36.1 Å². The van der Waals surface area contributed by atoms with Crippen molar-refractivity contribution < 1.29 is 13.5 Å². The van der Waals surface area contributed by atoms with Crippen molar-refractivity contribution in [3.05, 3.63) is 47.6 Å². The fraction of sp³-hybridized carbons (Fsp3) is 0.214. The van der Waals surface area contributed by atoms with E-state index >= 15 is 0 Å². The van der Waals surface area contributed by atoms with Gasteiger partial charge in [-0.15, -0.1) is 12.4 Å². The molecule has 0 spiro atoms. The van der Waals surface area contributed by atoms with Gasteiger partial charge < -0.3 is 19.9 Å². The van der Waals surface area contributed by atoms with Crippen LogP contribution in [0, 0.1) is 12.7 Å². The first-order chi connectivity index (χ1) is 9.65. The highest BCUT2D eigenvalue weighted by Crippen LogP contribution is 2.26. The Hall–Kier alpha value is -2.05. The Morgan fingerprint density at radius 3 is 2.86 bits per heavy atom. The molecule has 3 N–H and O–H groups in total. The van der Waals surface area contributed by atoms with Crippen molar-refractivity contribution >= 4 is 23.3 Å². The van der Waals surface area contributed by atoms with Crippen molar-refractivity contribution in [1.29, 1.82) is 0 Å². The first-order valence-corrected chi connectivity index (χ1v) is 6.20. The molecule has 0 aliphatic heterocycles. The lowest BCUT2D eigenvalue weighted by Crippen LogP contribution is -1.98. The molecule has 0 radical (unpaired) electrons. The van der Waals surface area contributed by atoms with Crippen LogP contribution in [0.1, 0.15) is 17.3 Å². The van der Waals surface area contributed by atoms with Crippen LogP contribution in [0.15, 0.2) is 28.9 Å². The van der Waals surface area contributed by atoms with Gasteiger partial charge >= 0.3 is 0 Å². The Bertz CT molecular complexity index is 754. The number of nitrogens with zero attached hydrogens (tertiary/aromatic N) is 1. The number of benzene rings is 1. The van der Waals surface area contributed by atoms with Crippen LogP contribution >= 0.6 is 12.4 Å². The number of aryl methyl sites for hydroxylation is 1. The van der Waals surface area contributed by atoms with Gasteiger partial charge in [0.25, 0.3) is 0 Å². The average molecular weight is 312 g/mol. The average Bonchev–Trinajstić information content (AvgIpc) is 3.01. The van der Waals surface area contributed by atoms with Crippen LogP contribution in [0.5, 0.6) is 5.75 Å². The number of hydrogen-bond donors (Lipinski definition) is 2. The topological polar surface area (TPSA) is 77.1 Å². The molecule has 0 aliphatic rings. The Balaban J connectivity index is 0.00000161. The maximum absolute atomic E-state index is 13.9. The quantitative estimate of drug-likeness (QED) is 0.776. The third kappa shape index (κ3) is 3.17. The lowest BCUT2D eigenvalue weighted by atomic mass is 10.2. The third-order valence-corrected chi connectivity index (χ3v) is 2.99. The molecule has 0 saturated carbocycles. The standard InChI is InChI=1S/C14H14FN3O2.ClH/c1-8-17-11(6-19-8)7-20-14-4-13-9(3-12(14)15)2-10(5-16)18-13;/h2-4,6,18H,5,7,16H2,1H3;1H. The Morgan fingerprint density at radius 1 is 1.38 bits per heavy atom. The molecule has 1 aromatic carbocycles. The van der Waals surface area contributed by atoms with Crippen LogP contribution in [0.2, 0.25) is 0 Å². The summed E-state index contributed by atoms with van der Waals surface area (Å²) in [4.78, 5) is 7.21. The molecule has 0 amide bonds. The van der Waals surface area contributed by atoms with E-state index in [1.54, 1.807) is 13.0 Å². The fourth-order valence-corrected chi connectivity index (χ4v) is 2.04. The number of nitrogens with two attached hydrogens (primary N) is 1. The van der Waals surface area contributed by atoms with Gasteiger partial charge in [-0.25, -0.2) is 9.37 Å². The Morgan fingerprint density at radius 2 is 2.19 bits per heavy atom. The van der Waals surface area contributed by atoms with Crippen LogP contribution in [-0.2, 0) is 13.2 Å². The van der Waals surface area contributed by atoms with Crippen molar-refractivity contribution in [2.45, 2.75) is 20.1 Å². The first kappa shape index (κ1) is 15.3. The van der Waals surface area contributed by atoms with Gasteiger partial charge in [0.2, 0.25) is 0 Å². The van der Waals surface area contributed by atoms with E-state index in [4.69, 9.17) is 14.9 Å². The molecule has 7 heteroatoms. The molecule has 0 fully saturated rings. The van der Waals surface area contributed by atoms with Crippen LogP contribution in [0.25, 0.3) is 10.9 Å². The third-order valence-electron chi connectivity index (χ3n) is 2.99. The predicted octanol–water partition coefficient (Wildman–Crippen LogP) is 3.06. The summed E-state index contributed by atoms with van der Waals surface area (Å²) >= 11 is 0. The largest absolute Gasteiger partial charge is 0.484 e. The van der Waals surface area contributed by atoms with Crippen LogP contribution in [0.3, 0.4) is 0 Å². The number of ether oxygens (including phenoxy) is 1. The monoisotopic (exact) mass is 311 g/mol. The molecule has 112 valence electrons. The predicted molar refractivity (Wildman–Crippen MR) is 79.0 cm³/mol. The van der Waals surface area contributed by atoms with E-state index in [1.807, 2.05) is 6.07 Å². The molecule has 0 atom stereocenters. The summed E-state index contributed by atoms with van der Waals surface area (Å²) in [5.74, 6) is 0.306. The Kier molecular flexibility index (Phi) is 4.50. The van der Waals surface area contributed by atoms with Gasteiger partial charge in [-0.1, -0.05) is 0 Å². The minimum atomic E-state index is -0.416. The van der Waals surface area contributed by atoms with E-state index in [0.29, 0.717) is 18.1 Å². The van der Waals surface area contributed by atoms with Gasteiger partial charge in [0.1, 0.15) is 18.6 Å². The second kappa shape index (κ2) is 6.15. The van der Waals surface area contributed by atoms with Crippen molar-refractivity contribution in [2.24, 2.45) is 5.73 Å². The highest BCUT2D eigenvalue weighted by atomic mass is 35.5. The first-order valence-electron chi connectivity index (χ1n) is 6.20. The summed E-state index contributed by atoms with van der Waals surface area (Å²) in [6.45, 7) is 2.28. The molecule has 5 nitrogen and oxygen atoms in total. The summed E-state index contributed by atoms with van der Waals surface area (Å²) < 4.78 is 24.4. The molecule has 0 unspecified atom stereocenters. The van der Waals surface area contributed by atoms with E-state index in [0.717, 1.165) is 16.6 Å². The Labute approximate surface area is 126 Å². The number of H-pyrrole nitrogens is 1. The van der Waals surface area contributed by atoms with Gasteiger partial charge in [0.05, 0.1) is 0 Å². The van der Waals surface area contributed by atoms with Crippen molar-refractivity contribution in [1.82, 2.24) is 9.97 Å². The molecule has 21 heavy (non-hydrogen) atoms. The van der Waals surface area contributed by atoms with E-state index in [2.05, 4.69) is 9.97 Å². The maximum Gasteiger partial charge on any atom is 0.191 e. The van der Waals surface area contributed by atoms with Gasteiger partial charge in [-0.2, -0.15) is 0 Å². The minimum Gasteiger partial charge on any atom is -0.484 e. The molecule has 2 aromatic heterocycles. The molecule has 0 aliphatic carbocycles. The zero-order valence-corrected chi connectivity index (χ0v) is 12.2. The maximum atomic E-state index is 13.9. The molecule has 2 heterocycles. The molecule has 0 bridgehead atoms. The summed E-state index contributed by atoms with van der Waals surface area (Å²) in [5, 5.41) is 0.771. The molecular weight excluding hydrogens is 297 g/mol.